The molecule has 0 aliphatic carbocycles. The van der Waals surface area contributed by atoms with E-state index in [1.54, 1.807) is 11.8 Å². The standard InChI is InChI=1S/C20H25FN2OS/c1-3-4-11-25-14(2)20(24)23-9-7-15(8-10-23)18-13-22-19-12-16(21)5-6-17(18)19/h5-7,12-14,22H,3-4,8-11H2,1-2H3. The number of carbonyl (C=O) groups is 1. The number of benzene rings is 1. The Morgan fingerprint density at radius 1 is 1.44 bits per heavy atom. The molecule has 0 radical (unpaired) electrons. The second-order valence-corrected chi connectivity index (χ2v) is 7.97. The third kappa shape index (κ3) is 4.09. The van der Waals surface area contributed by atoms with Gasteiger partial charge in [0.25, 0.3) is 0 Å². The van der Waals surface area contributed by atoms with Gasteiger partial charge in [-0.15, -0.1) is 11.8 Å². The van der Waals surface area contributed by atoms with Crippen molar-refractivity contribution in [3.05, 3.63) is 41.9 Å². The summed E-state index contributed by atoms with van der Waals surface area (Å²) in [7, 11) is 0. The number of aromatic amines is 1. The number of unbranched alkanes of at least 4 members (excludes halogenated alkanes) is 1. The molecule has 1 unspecified atom stereocenters. The molecule has 3 nitrogen and oxygen atoms in total. The third-order valence-corrected chi connectivity index (χ3v) is 5.95. The number of amides is 1. The summed E-state index contributed by atoms with van der Waals surface area (Å²) in [6.07, 6.45) is 7.24. The maximum atomic E-state index is 13.3. The van der Waals surface area contributed by atoms with Crippen LogP contribution in [-0.4, -0.2) is 39.9 Å². The van der Waals surface area contributed by atoms with E-state index in [1.165, 1.54) is 17.7 Å². The highest BCUT2D eigenvalue weighted by Gasteiger charge is 2.23. The first-order valence-electron chi connectivity index (χ1n) is 8.96. The van der Waals surface area contributed by atoms with E-state index in [0.717, 1.165) is 48.0 Å². The van der Waals surface area contributed by atoms with Gasteiger partial charge in [0.2, 0.25) is 5.91 Å². The number of thioether (sulfide) groups is 1. The van der Waals surface area contributed by atoms with Gasteiger partial charge in [0.1, 0.15) is 5.82 Å². The van der Waals surface area contributed by atoms with Gasteiger partial charge in [-0.3, -0.25) is 4.79 Å². The molecule has 25 heavy (non-hydrogen) atoms. The zero-order valence-electron chi connectivity index (χ0n) is 14.8. The molecule has 1 atom stereocenters. The fourth-order valence-electron chi connectivity index (χ4n) is 3.21. The maximum Gasteiger partial charge on any atom is 0.235 e. The van der Waals surface area contributed by atoms with Crippen molar-refractivity contribution in [2.75, 3.05) is 18.8 Å². The molecule has 0 saturated carbocycles. The smallest absolute Gasteiger partial charge is 0.235 e. The first kappa shape index (κ1) is 18.1. The van der Waals surface area contributed by atoms with Crippen LogP contribution in [0.15, 0.2) is 30.5 Å². The fraction of sp³-hybridized carbons (Fsp3) is 0.450. The van der Waals surface area contributed by atoms with Crippen molar-refractivity contribution in [2.45, 2.75) is 38.4 Å². The van der Waals surface area contributed by atoms with Crippen molar-refractivity contribution in [3.8, 4) is 0 Å². The Morgan fingerprint density at radius 3 is 3.00 bits per heavy atom. The lowest BCUT2D eigenvalue weighted by Gasteiger charge is -2.28. The number of nitrogens with one attached hydrogen (secondary N) is 1. The van der Waals surface area contributed by atoms with Crippen LogP contribution < -0.4 is 0 Å². The zero-order valence-corrected chi connectivity index (χ0v) is 15.7. The topological polar surface area (TPSA) is 36.1 Å². The number of nitrogens with zero attached hydrogens (tertiary/aromatic N) is 1. The lowest BCUT2D eigenvalue weighted by molar-refractivity contribution is -0.129. The Labute approximate surface area is 152 Å². The van der Waals surface area contributed by atoms with E-state index in [1.807, 2.05) is 24.1 Å². The minimum absolute atomic E-state index is 0.0255. The predicted molar refractivity (Wildman–Crippen MR) is 104 cm³/mol. The summed E-state index contributed by atoms with van der Waals surface area (Å²) in [5.74, 6) is 1.05. The molecule has 0 fully saturated rings. The average molecular weight is 360 g/mol. The lowest BCUT2D eigenvalue weighted by Crippen LogP contribution is -2.39. The van der Waals surface area contributed by atoms with Crippen molar-refractivity contribution in [1.29, 1.82) is 0 Å². The highest BCUT2D eigenvalue weighted by atomic mass is 32.2. The van der Waals surface area contributed by atoms with Gasteiger partial charge in [0.15, 0.2) is 0 Å². The molecule has 0 saturated heterocycles. The molecule has 134 valence electrons. The first-order valence-corrected chi connectivity index (χ1v) is 10.0. The van der Waals surface area contributed by atoms with Crippen molar-refractivity contribution < 1.29 is 9.18 Å². The normalized spacial score (nSPS) is 16.1. The van der Waals surface area contributed by atoms with Crippen LogP contribution in [0.2, 0.25) is 0 Å². The molecule has 1 aliphatic heterocycles. The molecule has 3 rings (SSSR count). The second kappa shape index (κ2) is 8.09. The van der Waals surface area contributed by atoms with E-state index in [0.29, 0.717) is 6.54 Å². The van der Waals surface area contributed by atoms with Crippen LogP contribution >= 0.6 is 11.8 Å². The molecular weight excluding hydrogens is 335 g/mol. The number of aromatic nitrogens is 1. The molecule has 0 spiro atoms. The van der Waals surface area contributed by atoms with E-state index in [9.17, 15) is 9.18 Å². The van der Waals surface area contributed by atoms with E-state index < -0.39 is 0 Å². The summed E-state index contributed by atoms with van der Waals surface area (Å²) in [4.78, 5) is 17.7. The molecule has 1 N–H and O–H groups in total. The molecule has 1 aromatic heterocycles. The minimum Gasteiger partial charge on any atom is -0.360 e. The van der Waals surface area contributed by atoms with Crippen LogP contribution in [0.25, 0.3) is 16.5 Å². The van der Waals surface area contributed by atoms with Gasteiger partial charge in [-0.25, -0.2) is 4.39 Å². The van der Waals surface area contributed by atoms with Gasteiger partial charge < -0.3 is 9.88 Å². The van der Waals surface area contributed by atoms with Gasteiger partial charge >= 0.3 is 0 Å². The summed E-state index contributed by atoms with van der Waals surface area (Å²) in [6.45, 7) is 5.58. The minimum atomic E-state index is -0.232. The molecule has 2 aromatic rings. The second-order valence-electron chi connectivity index (χ2n) is 6.52. The fourth-order valence-corrected chi connectivity index (χ4v) is 4.31. The SMILES string of the molecule is CCCCSC(C)C(=O)N1CC=C(c2c[nH]c3cc(F)ccc23)CC1. The number of H-pyrrole nitrogens is 1. The molecule has 1 aromatic carbocycles. The summed E-state index contributed by atoms with van der Waals surface area (Å²) in [5.41, 5.74) is 3.16. The van der Waals surface area contributed by atoms with E-state index in [4.69, 9.17) is 0 Å². The third-order valence-electron chi connectivity index (χ3n) is 4.72. The van der Waals surface area contributed by atoms with Crippen molar-refractivity contribution in [1.82, 2.24) is 9.88 Å². The highest BCUT2D eigenvalue weighted by Crippen LogP contribution is 2.30. The van der Waals surface area contributed by atoms with Gasteiger partial charge in [-0.1, -0.05) is 19.4 Å². The Balaban J connectivity index is 1.66. The molecule has 2 heterocycles. The van der Waals surface area contributed by atoms with Crippen LogP contribution in [0, 0.1) is 5.82 Å². The largest absolute Gasteiger partial charge is 0.360 e. The maximum absolute atomic E-state index is 13.3. The van der Waals surface area contributed by atoms with Gasteiger partial charge in [-0.05, 0) is 49.3 Å². The summed E-state index contributed by atoms with van der Waals surface area (Å²) in [6, 6.07) is 4.84. The number of rotatable bonds is 6. The molecule has 0 bridgehead atoms. The Hall–Kier alpha value is -1.75. The van der Waals surface area contributed by atoms with Crippen molar-refractivity contribution in [3.63, 3.8) is 0 Å². The van der Waals surface area contributed by atoms with Gasteiger partial charge in [0, 0.05) is 35.8 Å². The average Bonchev–Trinajstić information content (AvgIpc) is 3.04. The van der Waals surface area contributed by atoms with Crippen LogP contribution in [0.5, 0.6) is 0 Å². The van der Waals surface area contributed by atoms with Crippen LogP contribution in [0.3, 0.4) is 0 Å². The summed E-state index contributed by atoms with van der Waals surface area (Å²) < 4.78 is 13.3. The van der Waals surface area contributed by atoms with Crippen molar-refractivity contribution >= 4 is 34.1 Å². The highest BCUT2D eigenvalue weighted by molar-refractivity contribution is 8.00. The predicted octanol–water partition coefficient (Wildman–Crippen LogP) is 4.84. The van der Waals surface area contributed by atoms with E-state index in [-0.39, 0.29) is 17.0 Å². The van der Waals surface area contributed by atoms with Crippen LogP contribution in [0.1, 0.15) is 38.7 Å². The Bertz CT molecular complexity index is 783. The molecular formula is C20H25FN2OS. The van der Waals surface area contributed by atoms with E-state index in [2.05, 4.69) is 18.0 Å². The number of carbonyl (C=O) groups excluding carboxylic acids is 1. The lowest BCUT2D eigenvalue weighted by atomic mass is 9.99. The summed E-state index contributed by atoms with van der Waals surface area (Å²) >= 11 is 1.75. The first-order chi connectivity index (χ1) is 12.1. The molecule has 5 heteroatoms. The molecule has 1 aliphatic rings. The Kier molecular flexibility index (Phi) is 5.84. The zero-order chi connectivity index (χ0) is 17.8. The summed E-state index contributed by atoms with van der Waals surface area (Å²) in [5, 5.41) is 1.06. The number of hydrogen-bond donors (Lipinski definition) is 1. The number of halogens is 1. The van der Waals surface area contributed by atoms with E-state index >= 15 is 0 Å². The van der Waals surface area contributed by atoms with Gasteiger partial charge in [-0.2, -0.15) is 0 Å². The van der Waals surface area contributed by atoms with Gasteiger partial charge in [0.05, 0.1) is 5.25 Å². The monoisotopic (exact) mass is 360 g/mol. The van der Waals surface area contributed by atoms with Crippen LogP contribution in [0.4, 0.5) is 4.39 Å². The number of fused-ring (bicyclic) bond motifs is 1. The number of hydrogen-bond acceptors (Lipinski definition) is 2. The quantitative estimate of drug-likeness (QED) is 0.748. The molecule has 1 amide bonds. The van der Waals surface area contributed by atoms with Crippen molar-refractivity contribution in [2.24, 2.45) is 0 Å². The Morgan fingerprint density at radius 2 is 2.28 bits per heavy atom. The van der Waals surface area contributed by atoms with Crippen LogP contribution in [-0.2, 0) is 4.79 Å².